The Labute approximate surface area is 291 Å². The summed E-state index contributed by atoms with van der Waals surface area (Å²) in [5, 5.41) is 18.6. The predicted molar refractivity (Wildman–Crippen MR) is 197 cm³/mol. The summed E-state index contributed by atoms with van der Waals surface area (Å²) in [6, 6.07) is 48.6. The molecule has 8 nitrogen and oxygen atoms in total. The maximum atomic E-state index is 4.80. The molecule has 50 heavy (non-hydrogen) atoms. The lowest BCUT2D eigenvalue weighted by Gasteiger charge is -2.36. The van der Waals surface area contributed by atoms with E-state index >= 15 is 0 Å². The van der Waals surface area contributed by atoms with Crippen LogP contribution in [0.3, 0.4) is 0 Å². The molecule has 8 aromatic rings. The second-order valence-corrected chi connectivity index (χ2v) is 12.9. The molecular formula is C42H38N8. The first kappa shape index (κ1) is 31.1. The summed E-state index contributed by atoms with van der Waals surface area (Å²) in [4.78, 5) is 4.80. The minimum Gasteiger partial charge on any atom is -0.266 e. The van der Waals surface area contributed by atoms with E-state index in [0.29, 0.717) is 18.3 Å². The quantitative estimate of drug-likeness (QED) is 0.138. The van der Waals surface area contributed by atoms with Crippen molar-refractivity contribution in [3.63, 3.8) is 0 Å². The molecule has 0 amide bonds. The fourth-order valence-electron chi connectivity index (χ4n) is 7.04. The Morgan fingerprint density at radius 2 is 1.22 bits per heavy atom. The maximum Gasteiger partial charge on any atom is 0.184 e. The van der Waals surface area contributed by atoms with Gasteiger partial charge < -0.3 is 0 Å². The average Bonchev–Trinajstić information content (AvgIpc) is 3.91. The highest BCUT2D eigenvalue weighted by Crippen LogP contribution is 2.43. The second kappa shape index (κ2) is 13.0. The van der Waals surface area contributed by atoms with E-state index in [1.54, 1.807) is 0 Å². The molecule has 0 fully saturated rings. The zero-order valence-corrected chi connectivity index (χ0v) is 28.4. The van der Waals surface area contributed by atoms with Crippen molar-refractivity contribution >= 4 is 5.65 Å². The lowest BCUT2D eigenvalue weighted by atomic mass is 9.77. The summed E-state index contributed by atoms with van der Waals surface area (Å²) in [5.74, 6) is 1.89. The number of tetrazole rings is 1. The van der Waals surface area contributed by atoms with Crippen LogP contribution < -0.4 is 0 Å². The van der Waals surface area contributed by atoms with Crippen molar-refractivity contribution < 1.29 is 0 Å². The van der Waals surface area contributed by atoms with Gasteiger partial charge in [0.15, 0.2) is 17.3 Å². The Morgan fingerprint density at radius 1 is 0.660 bits per heavy atom. The summed E-state index contributed by atoms with van der Waals surface area (Å²) in [7, 11) is 0. The summed E-state index contributed by atoms with van der Waals surface area (Å²) >= 11 is 0. The molecule has 3 heterocycles. The monoisotopic (exact) mass is 654 g/mol. The average molecular weight is 655 g/mol. The molecule has 8 rings (SSSR count). The molecule has 0 spiro atoms. The molecule has 246 valence electrons. The number of rotatable bonds is 10. The van der Waals surface area contributed by atoms with Crippen molar-refractivity contribution in [3.8, 4) is 22.5 Å². The van der Waals surface area contributed by atoms with Gasteiger partial charge in [-0.3, -0.25) is 4.68 Å². The Balaban J connectivity index is 1.23. The number of hydrogen-bond donors (Lipinski definition) is 0. The molecular weight excluding hydrogens is 617 g/mol. The molecule has 0 atom stereocenters. The summed E-state index contributed by atoms with van der Waals surface area (Å²) in [6.07, 6.45) is 2.99. The maximum absolute atomic E-state index is 4.80. The predicted octanol–water partition coefficient (Wildman–Crippen LogP) is 8.43. The van der Waals surface area contributed by atoms with Crippen molar-refractivity contribution in [2.75, 3.05) is 0 Å². The number of fused-ring (bicyclic) bond motifs is 1. The van der Waals surface area contributed by atoms with Crippen LogP contribution in [0.5, 0.6) is 0 Å². The van der Waals surface area contributed by atoms with Crippen molar-refractivity contribution in [3.05, 3.63) is 179 Å². The molecule has 8 heteroatoms. The first-order valence-electron chi connectivity index (χ1n) is 17.2. The minimum absolute atomic E-state index is 0.354. The Morgan fingerprint density at radius 3 is 1.78 bits per heavy atom. The Hall–Kier alpha value is -6.15. The topological polar surface area (TPSA) is 78.7 Å². The molecule has 0 aliphatic heterocycles. The van der Waals surface area contributed by atoms with E-state index in [4.69, 9.17) is 20.4 Å². The van der Waals surface area contributed by atoms with Crippen LogP contribution in [0.2, 0.25) is 0 Å². The number of benzene rings is 5. The molecule has 0 saturated carbocycles. The zero-order chi connectivity index (χ0) is 34.1. The van der Waals surface area contributed by atoms with Gasteiger partial charge in [0.1, 0.15) is 5.54 Å². The van der Waals surface area contributed by atoms with Gasteiger partial charge in [-0.15, -0.1) is 10.2 Å². The number of aromatic nitrogens is 8. The highest BCUT2D eigenvalue weighted by atomic mass is 15.6. The fourth-order valence-corrected chi connectivity index (χ4v) is 7.04. The van der Waals surface area contributed by atoms with Crippen LogP contribution in [0.1, 0.15) is 60.3 Å². The van der Waals surface area contributed by atoms with Gasteiger partial charge in [0, 0.05) is 23.7 Å². The summed E-state index contributed by atoms with van der Waals surface area (Å²) < 4.78 is 6.10. The van der Waals surface area contributed by atoms with E-state index in [-0.39, 0.29) is 0 Å². The van der Waals surface area contributed by atoms with Gasteiger partial charge in [-0.1, -0.05) is 160 Å². The smallest absolute Gasteiger partial charge is 0.184 e. The van der Waals surface area contributed by atoms with Gasteiger partial charge in [-0.2, -0.15) is 4.63 Å². The van der Waals surface area contributed by atoms with Gasteiger partial charge in [-0.25, -0.2) is 9.67 Å². The first-order chi connectivity index (χ1) is 24.6. The van der Waals surface area contributed by atoms with E-state index in [0.717, 1.165) is 51.3 Å². The van der Waals surface area contributed by atoms with Crippen LogP contribution in [0.15, 0.2) is 146 Å². The molecule has 0 unspecified atom stereocenters. The molecule has 5 aromatic carbocycles. The lowest BCUT2D eigenvalue weighted by molar-refractivity contribution is 0.451. The van der Waals surface area contributed by atoms with Crippen LogP contribution in [-0.2, 0) is 18.5 Å². The number of nitrogens with zero attached hydrogens (tertiary/aromatic N) is 8. The highest BCUT2D eigenvalue weighted by Gasteiger charge is 2.42. The van der Waals surface area contributed by atoms with Crippen LogP contribution in [-0.4, -0.2) is 39.6 Å². The van der Waals surface area contributed by atoms with E-state index in [2.05, 4.69) is 152 Å². The van der Waals surface area contributed by atoms with Gasteiger partial charge in [0.2, 0.25) is 0 Å². The van der Waals surface area contributed by atoms with Gasteiger partial charge >= 0.3 is 0 Å². The van der Waals surface area contributed by atoms with Crippen molar-refractivity contribution in [2.45, 2.75) is 45.2 Å². The van der Waals surface area contributed by atoms with Crippen LogP contribution in [0.4, 0.5) is 0 Å². The molecule has 0 aliphatic rings. The number of aryl methyl sites for hydroxylation is 1. The zero-order valence-electron chi connectivity index (χ0n) is 28.4. The van der Waals surface area contributed by atoms with Gasteiger partial charge in [-0.05, 0) is 49.7 Å². The van der Waals surface area contributed by atoms with Crippen LogP contribution in [0, 0.1) is 0 Å². The second-order valence-electron chi connectivity index (χ2n) is 12.9. The van der Waals surface area contributed by atoms with E-state index in [1.165, 1.54) is 11.1 Å². The minimum atomic E-state index is -0.838. The normalized spacial score (nSPS) is 11.8. The molecule has 0 saturated heterocycles. The SMILES string of the molecule is CCc1nc2c(C(C)C)cn(Cc3ccc(-c4ccccc4-c4nnnn4C(c4ccccc4)(c4ccccc4)c4ccccc4)cc3)n2n1. The Kier molecular flexibility index (Phi) is 8.12. The molecule has 0 radical (unpaired) electrons. The highest BCUT2D eigenvalue weighted by molar-refractivity contribution is 5.81. The molecule has 3 aromatic heterocycles. The third-order valence-electron chi connectivity index (χ3n) is 9.50. The largest absolute Gasteiger partial charge is 0.266 e. The number of hydrogen-bond acceptors (Lipinski definition) is 5. The van der Waals surface area contributed by atoms with E-state index < -0.39 is 5.54 Å². The van der Waals surface area contributed by atoms with Crippen LogP contribution in [0.25, 0.3) is 28.2 Å². The van der Waals surface area contributed by atoms with Gasteiger partial charge in [0.05, 0.1) is 6.54 Å². The standard InChI is InChI=1S/C42H38N8/c1-4-39-43-40-38(30(2)3)29-48(50(40)45-39)28-31-24-26-32(27-25-31)36-22-14-15-23-37(36)41-44-46-47-49(41)42(33-16-8-5-9-17-33,34-18-10-6-11-19-34)35-20-12-7-13-21-35/h5-27,29-30H,4,28H2,1-3H3. The van der Waals surface area contributed by atoms with Crippen LogP contribution >= 0.6 is 0 Å². The van der Waals surface area contributed by atoms with Crippen molar-refractivity contribution in [1.29, 1.82) is 0 Å². The lowest BCUT2D eigenvalue weighted by Crippen LogP contribution is -2.39. The summed E-state index contributed by atoms with van der Waals surface area (Å²) in [5.41, 5.74) is 8.74. The van der Waals surface area contributed by atoms with Crippen molar-refractivity contribution in [2.24, 2.45) is 0 Å². The summed E-state index contributed by atoms with van der Waals surface area (Å²) in [6.45, 7) is 7.18. The fraction of sp³-hybridized carbons (Fsp3) is 0.167. The Bertz CT molecular complexity index is 2260. The van der Waals surface area contributed by atoms with E-state index in [1.807, 2.05) is 33.6 Å². The van der Waals surface area contributed by atoms with Crippen molar-refractivity contribution in [1.82, 2.24) is 39.6 Å². The first-order valence-corrected chi connectivity index (χ1v) is 17.2. The van der Waals surface area contributed by atoms with E-state index in [9.17, 15) is 0 Å². The third kappa shape index (κ3) is 5.29. The third-order valence-corrected chi connectivity index (χ3v) is 9.50. The van der Waals surface area contributed by atoms with Gasteiger partial charge in [0.25, 0.3) is 0 Å². The molecule has 0 bridgehead atoms. The molecule has 0 aliphatic carbocycles. The molecule has 0 N–H and O–H groups in total.